The Morgan fingerprint density at radius 3 is 2.29 bits per heavy atom. The van der Waals surface area contributed by atoms with Gasteiger partial charge in [0, 0.05) is 6.07 Å². The average Bonchev–Trinajstić information content (AvgIpc) is 2.52. The maximum Gasteiger partial charge on any atom is 0.265 e. The van der Waals surface area contributed by atoms with Crippen LogP contribution in [0.5, 0.6) is 17.2 Å². The number of hydrogen-bond acceptors (Lipinski definition) is 5. The highest BCUT2D eigenvalue weighted by atomic mass is 32.2. The number of aromatic hydroxyl groups is 1. The van der Waals surface area contributed by atoms with Crippen molar-refractivity contribution in [1.82, 2.24) is 0 Å². The molecule has 0 radical (unpaired) electrons. The van der Waals surface area contributed by atoms with Gasteiger partial charge in [-0.2, -0.15) is 0 Å². The van der Waals surface area contributed by atoms with Gasteiger partial charge in [-0.05, 0) is 44.5 Å². The number of nitrogens with one attached hydrogen (secondary N) is 1. The molecule has 2 rings (SSSR count). The lowest BCUT2D eigenvalue weighted by atomic mass is 10.2. The molecule has 0 aromatic heterocycles. The van der Waals surface area contributed by atoms with Gasteiger partial charge in [0.1, 0.15) is 22.1 Å². The summed E-state index contributed by atoms with van der Waals surface area (Å²) >= 11 is 0. The second kappa shape index (κ2) is 7.44. The highest BCUT2D eigenvalue weighted by Crippen LogP contribution is 2.34. The maximum absolute atomic E-state index is 12.8. The molecule has 0 spiro atoms. The lowest BCUT2D eigenvalue weighted by molar-refractivity contribution is 0.321. The van der Waals surface area contributed by atoms with E-state index in [0.29, 0.717) is 19.0 Å². The second-order valence-corrected chi connectivity index (χ2v) is 6.70. The van der Waals surface area contributed by atoms with E-state index in [0.717, 1.165) is 5.56 Å². The van der Waals surface area contributed by atoms with Crippen molar-refractivity contribution < 1.29 is 23.0 Å². The van der Waals surface area contributed by atoms with E-state index in [4.69, 9.17) is 9.47 Å². The van der Waals surface area contributed by atoms with Crippen LogP contribution in [0.15, 0.2) is 41.3 Å². The Balaban J connectivity index is 2.51. The van der Waals surface area contributed by atoms with E-state index in [1.165, 1.54) is 18.2 Å². The number of anilines is 1. The molecule has 130 valence electrons. The van der Waals surface area contributed by atoms with E-state index < -0.39 is 10.0 Å². The fourth-order valence-electron chi connectivity index (χ4n) is 2.19. The molecule has 24 heavy (non-hydrogen) atoms. The highest BCUT2D eigenvalue weighted by molar-refractivity contribution is 7.92. The third-order valence-corrected chi connectivity index (χ3v) is 4.67. The molecule has 0 fully saturated rings. The van der Waals surface area contributed by atoms with Gasteiger partial charge in [-0.3, -0.25) is 4.72 Å². The molecule has 0 saturated heterocycles. The number of aryl methyl sites for hydroxylation is 1. The lowest BCUT2D eigenvalue weighted by Gasteiger charge is -2.16. The summed E-state index contributed by atoms with van der Waals surface area (Å²) in [5.74, 6) is 0.552. The van der Waals surface area contributed by atoms with Gasteiger partial charge in [0.25, 0.3) is 10.0 Å². The number of hydrogen-bond donors (Lipinski definition) is 2. The molecular weight excluding hydrogens is 330 g/mol. The normalized spacial score (nSPS) is 11.1. The minimum absolute atomic E-state index is 0.0401. The van der Waals surface area contributed by atoms with E-state index >= 15 is 0 Å². The zero-order valence-corrected chi connectivity index (χ0v) is 14.7. The van der Waals surface area contributed by atoms with E-state index in [1.54, 1.807) is 25.1 Å². The first-order valence-electron chi connectivity index (χ1n) is 7.60. The Bertz CT molecular complexity index is 818. The summed E-state index contributed by atoms with van der Waals surface area (Å²) in [6, 6.07) is 9.19. The molecule has 0 saturated carbocycles. The predicted molar refractivity (Wildman–Crippen MR) is 92.4 cm³/mol. The van der Waals surface area contributed by atoms with Crippen molar-refractivity contribution in [1.29, 1.82) is 0 Å². The van der Waals surface area contributed by atoms with Crippen molar-refractivity contribution in [2.45, 2.75) is 25.7 Å². The third-order valence-electron chi connectivity index (χ3n) is 3.28. The number of phenols is 1. The molecule has 0 heterocycles. The monoisotopic (exact) mass is 351 g/mol. The van der Waals surface area contributed by atoms with Crippen LogP contribution in [-0.2, 0) is 10.0 Å². The van der Waals surface area contributed by atoms with Crippen molar-refractivity contribution >= 4 is 15.7 Å². The number of benzene rings is 2. The number of sulfonamides is 1. The van der Waals surface area contributed by atoms with Crippen molar-refractivity contribution in [2.75, 3.05) is 17.9 Å². The fraction of sp³-hybridized carbons (Fsp3) is 0.294. The summed E-state index contributed by atoms with van der Waals surface area (Å²) < 4.78 is 38.8. The van der Waals surface area contributed by atoms with E-state index in [1.807, 2.05) is 13.8 Å². The smallest absolute Gasteiger partial charge is 0.265 e. The zero-order valence-electron chi connectivity index (χ0n) is 13.9. The molecule has 0 amide bonds. The Kier molecular flexibility index (Phi) is 5.56. The van der Waals surface area contributed by atoms with Crippen LogP contribution < -0.4 is 14.2 Å². The van der Waals surface area contributed by atoms with Crippen molar-refractivity contribution in [3.63, 3.8) is 0 Å². The van der Waals surface area contributed by atoms with Crippen LogP contribution in [0.2, 0.25) is 0 Å². The summed E-state index contributed by atoms with van der Waals surface area (Å²) in [6.07, 6.45) is 0. The number of phenolic OH excluding ortho intramolecular Hbond substituents is 1. The van der Waals surface area contributed by atoms with Crippen LogP contribution in [0, 0.1) is 6.92 Å². The number of para-hydroxylation sites is 2. The third kappa shape index (κ3) is 3.91. The largest absolute Gasteiger partial charge is 0.506 e. The quantitative estimate of drug-likeness (QED) is 0.748. The van der Waals surface area contributed by atoms with E-state index in [2.05, 4.69) is 4.72 Å². The fourth-order valence-corrected chi connectivity index (χ4v) is 3.41. The van der Waals surface area contributed by atoms with E-state index in [-0.39, 0.29) is 22.1 Å². The Hall–Kier alpha value is -2.41. The molecule has 0 atom stereocenters. The van der Waals surface area contributed by atoms with Gasteiger partial charge >= 0.3 is 0 Å². The lowest BCUT2D eigenvalue weighted by Crippen LogP contribution is -2.15. The number of rotatable bonds is 7. The Morgan fingerprint density at radius 1 is 1.04 bits per heavy atom. The van der Waals surface area contributed by atoms with E-state index in [9.17, 15) is 13.5 Å². The van der Waals surface area contributed by atoms with Crippen LogP contribution in [0.3, 0.4) is 0 Å². The molecule has 6 nitrogen and oxygen atoms in total. The van der Waals surface area contributed by atoms with Crippen LogP contribution in [0.1, 0.15) is 19.4 Å². The minimum Gasteiger partial charge on any atom is -0.506 e. The number of ether oxygens (including phenoxy) is 2. The standard InChI is InChI=1S/C17H21NO5S/c1-4-22-15-11-17(16(23-5-2)10-12(15)3)24(20,21)18-13-8-6-7-9-14(13)19/h6-11,18-19H,4-5H2,1-3H3. The van der Waals surface area contributed by atoms with Crippen molar-refractivity contribution in [3.8, 4) is 17.2 Å². The van der Waals surface area contributed by atoms with Gasteiger partial charge < -0.3 is 14.6 Å². The molecule has 0 aliphatic heterocycles. The van der Waals surface area contributed by atoms with Crippen LogP contribution in [0.4, 0.5) is 5.69 Å². The van der Waals surface area contributed by atoms with Gasteiger partial charge in [0.2, 0.25) is 0 Å². The maximum atomic E-state index is 12.8. The van der Waals surface area contributed by atoms with Crippen LogP contribution >= 0.6 is 0 Å². The SMILES string of the molecule is CCOc1cc(S(=O)(=O)Nc2ccccc2O)c(OCC)cc1C. The molecule has 0 unspecified atom stereocenters. The predicted octanol–water partition coefficient (Wildman–Crippen LogP) is 3.30. The summed E-state index contributed by atoms with van der Waals surface area (Å²) in [5.41, 5.74) is 0.875. The van der Waals surface area contributed by atoms with Gasteiger partial charge in [-0.1, -0.05) is 12.1 Å². The van der Waals surface area contributed by atoms with Crippen molar-refractivity contribution in [2.24, 2.45) is 0 Å². The summed E-state index contributed by atoms with van der Waals surface area (Å²) in [5, 5.41) is 9.79. The molecule has 7 heteroatoms. The van der Waals surface area contributed by atoms with Crippen molar-refractivity contribution in [3.05, 3.63) is 42.0 Å². The molecule has 2 N–H and O–H groups in total. The van der Waals surface area contributed by atoms with Gasteiger partial charge in [-0.15, -0.1) is 0 Å². The zero-order chi connectivity index (χ0) is 17.7. The van der Waals surface area contributed by atoms with Crippen LogP contribution in [0.25, 0.3) is 0 Å². The minimum atomic E-state index is -3.96. The summed E-state index contributed by atoms with van der Waals surface area (Å²) in [4.78, 5) is -0.0401. The molecule has 0 aliphatic carbocycles. The molecule has 0 aliphatic rings. The van der Waals surface area contributed by atoms with Gasteiger partial charge in [-0.25, -0.2) is 8.42 Å². The topological polar surface area (TPSA) is 84.9 Å². The van der Waals surface area contributed by atoms with Gasteiger partial charge in [0.15, 0.2) is 0 Å². The second-order valence-electron chi connectivity index (χ2n) is 5.05. The van der Waals surface area contributed by atoms with Gasteiger partial charge in [0.05, 0.1) is 18.9 Å². The first-order valence-corrected chi connectivity index (χ1v) is 9.08. The summed E-state index contributed by atoms with van der Waals surface area (Å²) in [6.45, 7) is 6.16. The molecule has 2 aromatic carbocycles. The molecular formula is C17H21NO5S. The Labute approximate surface area is 142 Å². The van der Waals surface area contributed by atoms with Crippen LogP contribution in [-0.4, -0.2) is 26.7 Å². The first kappa shape index (κ1) is 17.9. The summed E-state index contributed by atoms with van der Waals surface area (Å²) in [7, 11) is -3.96. The Morgan fingerprint density at radius 2 is 1.67 bits per heavy atom. The molecule has 0 bridgehead atoms. The first-order chi connectivity index (χ1) is 11.4. The average molecular weight is 351 g/mol. The molecule has 2 aromatic rings. The highest BCUT2D eigenvalue weighted by Gasteiger charge is 2.23.